The molecule has 1 aliphatic carbocycles. The van der Waals surface area contributed by atoms with Crippen molar-refractivity contribution >= 4 is 11.6 Å². The molecule has 0 aromatic carbocycles. The van der Waals surface area contributed by atoms with Gasteiger partial charge in [-0.15, -0.1) is 11.6 Å². The van der Waals surface area contributed by atoms with Crippen LogP contribution in [0.2, 0.25) is 0 Å². The van der Waals surface area contributed by atoms with Crippen molar-refractivity contribution in [2.45, 2.75) is 31.6 Å². The van der Waals surface area contributed by atoms with Gasteiger partial charge in [0, 0.05) is 5.92 Å². The van der Waals surface area contributed by atoms with E-state index in [1.807, 2.05) is 13.1 Å². The van der Waals surface area contributed by atoms with Gasteiger partial charge in [-0.05, 0) is 19.3 Å². The van der Waals surface area contributed by atoms with E-state index < -0.39 is 0 Å². The van der Waals surface area contributed by atoms with E-state index in [1.165, 1.54) is 6.42 Å². The minimum Gasteiger partial charge on any atom is -0.444 e. The smallest absolute Gasteiger partial charge is 0.212 e. The molecule has 2 rings (SSSR count). The Morgan fingerprint density at radius 1 is 1.75 bits per heavy atom. The SMILES string of the molecule is CC(Cl)c1ncc(C2CC2C)o1. The van der Waals surface area contributed by atoms with Crippen LogP contribution in [-0.4, -0.2) is 4.98 Å². The van der Waals surface area contributed by atoms with E-state index >= 15 is 0 Å². The van der Waals surface area contributed by atoms with Gasteiger partial charge in [0.05, 0.1) is 6.20 Å². The summed E-state index contributed by atoms with van der Waals surface area (Å²) in [6.45, 7) is 4.09. The summed E-state index contributed by atoms with van der Waals surface area (Å²) < 4.78 is 5.50. The Bertz CT molecular complexity index is 282. The van der Waals surface area contributed by atoms with Crippen LogP contribution in [0.4, 0.5) is 0 Å². The fourth-order valence-corrected chi connectivity index (χ4v) is 1.48. The molecular formula is C9H12ClNO. The molecule has 3 atom stereocenters. The third-order valence-corrected chi connectivity index (χ3v) is 2.54. The second kappa shape index (κ2) is 2.77. The molecule has 0 aliphatic heterocycles. The number of aromatic nitrogens is 1. The summed E-state index contributed by atoms with van der Waals surface area (Å²) in [5.41, 5.74) is 0. The third kappa shape index (κ3) is 1.36. The van der Waals surface area contributed by atoms with Crippen LogP contribution in [0.25, 0.3) is 0 Å². The molecule has 3 unspecified atom stereocenters. The lowest BCUT2D eigenvalue weighted by Gasteiger charge is -1.93. The van der Waals surface area contributed by atoms with Crippen LogP contribution < -0.4 is 0 Å². The van der Waals surface area contributed by atoms with Gasteiger partial charge in [-0.25, -0.2) is 4.98 Å². The molecule has 1 aromatic rings. The molecule has 0 saturated heterocycles. The van der Waals surface area contributed by atoms with Crippen molar-refractivity contribution in [3.63, 3.8) is 0 Å². The first-order valence-corrected chi connectivity index (χ1v) is 4.72. The standard InChI is InChI=1S/C9H12ClNO/c1-5-3-7(5)8-4-11-9(12-8)6(2)10/h4-7H,3H2,1-2H3. The number of hydrogen-bond donors (Lipinski definition) is 0. The first-order valence-electron chi connectivity index (χ1n) is 4.28. The summed E-state index contributed by atoms with van der Waals surface area (Å²) in [6, 6.07) is 0. The highest BCUT2D eigenvalue weighted by Crippen LogP contribution is 2.47. The lowest BCUT2D eigenvalue weighted by atomic mass is 10.3. The van der Waals surface area contributed by atoms with Crippen LogP contribution in [0.5, 0.6) is 0 Å². The summed E-state index contributed by atoms with van der Waals surface area (Å²) in [5, 5.41) is -0.118. The molecule has 66 valence electrons. The van der Waals surface area contributed by atoms with Crippen molar-refractivity contribution in [3.05, 3.63) is 17.8 Å². The molecule has 1 aromatic heterocycles. The van der Waals surface area contributed by atoms with Gasteiger partial charge in [0.15, 0.2) is 0 Å². The summed E-state index contributed by atoms with van der Waals surface area (Å²) >= 11 is 5.82. The van der Waals surface area contributed by atoms with Crippen molar-refractivity contribution in [2.24, 2.45) is 5.92 Å². The van der Waals surface area contributed by atoms with Crippen molar-refractivity contribution in [1.29, 1.82) is 0 Å². The van der Waals surface area contributed by atoms with Crippen molar-refractivity contribution in [3.8, 4) is 0 Å². The topological polar surface area (TPSA) is 26.0 Å². The van der Waals surface area contributed by atoms with Crippen LogP contribution >= 0.6 is 11.6 Å². The predicted octanol–water partition coefficient (Wildman–Crippen LogP) is 3.10. The third-order valence-electron chi connectivity index (χ3n) is 2.36. The normalized spacial score (nSPS) is 30.2. The second-order valence-electron chi connectivity index (χ2n) is 3.54. The van der Waals surface area contributed by atoms with Gasteiger partial charge in [-0.2, -0.15) is 0 Å². The van der Waals surface area contributed by atoms with Gasteiger partial charge >= 0.3 is 0 Å². The second-order valence-corrected chi connectivity index (χ2v) is 4.19. The van der Waals surface area contributed by atoms with Crippen LogP contribution in [0.3, 0.4) is 0 Å². The van der Waals surface area contributed by atoms with Crippen LogP contribution in [0.1, 0.15) is 43.2 Å². The monoisotopic (exact) mass is 185 g/mol. The zero-order chi connectivity index (χ0) is 8.72. The Hall–Kier alpha value is -0.500. The van der Waals surface area contributed by atoms with Gasteiger partial charge in [0.1, 0.15) is 11.1 Å². The van der Waals surface area contributed by atoms with Crippen LogP contribution in [0, 0.1) is 5.92 Å². The maximum absolute atomic E-state index is 5.82. The molecule has 0 amide bonds. The molecule has 0 radical (unpaired) electrons. The number of hydrogen-bond acceptors (Lipinski definition) is 2. The Labute approximate surface area is 76.9 Å². The molecule has 0 N–H and O–H groups in total. The molecule has 3 heteroatoms. The maximum atomic E-state index is 5.82. The molecule has 12 heavy (non-hydrogen) atoms. The molecule has 0 bridgehead atoms. The minimum atomic E-state index is -0.118. The van der Waals surface area contributed by atoms with Crippen molar-refractivity contribution < 1.29 is 4.42 Å². The van der Waals surface area contributed by atoms with E-state index in [9.17, 15) is 0 Å². The van der Waals surface area contributed by atoms with Crippen LogP contribution in [0.15, 0.2) is 10.6 Å². The maximum Gasteiger partial charge on any atom is 0.212 e. The van der Waals surface area contributed by atoms with Gasteiger partial charge < -0.3 is 4.42 Å². The Morgan fingerprint density at radius 2 is 2.42 bits per heavy atom. The first-order chi connectivity index (χ1) is 5.68. The van der Waals surface area contributed by atoms with E-state index in [1.54, 1.807) is 0 Å². The van der Waals surface area contributed by atoms with E-state index in [-0.39, 0.29) is 5.38 Å². The molecule has 0 spiro atoms. The summed E-state index contributed by atoms with van der Waals surface area (Å²) in [4.78, 5) is 4.11. The number of halogens is 1. The Morgan fingerprint density at radius 3 is 2.83 bits per heavy atom. The van der Waals surface area contributed by atoms with Crippen molar-refractivity contribution in [1.82, 2.24) is 4.98 Å². The highest BCUT2D eigenvalue weighted by Gasteiger charge is 2.37. The molecule has 1 heterocycles. The molecule has 1 aliphatic rings. The summed E-state index contributed by atoms with van der Waals surface area (Å²) in [6.07, 6.45) is 3.04. The molecule has 1 fully saturated rings. The number of alkyl halides is 1. The quantitative estimate of drug-likeness (QED) is 0.662. The Kier molecular flexibility index (Phi) is 1.87. The molecular weight excluding hydrogens is 174 g/mol. The summed E-state index contributed by atoms with van der Waals surface area (Å²) in [7, 11) is 0. The largest absolute Gasteiger partial charge is 0.444 e. The van der Waals surface area contributed by atoms with E-state index in [0.717, 1.165) is 11.7 Å². The number of oxazole rings is 1. The van der Waals surface area contributed by atoms with Gasteiger partial charge in [0.2, 0.25) is 5.89 Å². The fraction of sp³-hybridized carbons (Fsp3) is 0.667. The highest BCUT2D eigenvalue weighted by atomic mass is 35.5. The van der Waals surface area contributed by atoms with Crippen molar-refractivity contribution in [2.75, 3.05) is 0 Å². The van der Waals surface area contributed by atoms with Crippen LogP contribution in [-0.2, 0) is 0 Å². The van der Waals surface area contributed by atoms with Gasteiger partial charge in [0.25, 0.3) is 0 Å². The average Bonchev–Trinajstić information content (AvgIpc) is 2.59. The predicted molar refractivity (Wildman–Crippen MR) is 47.3 cm³/mol. The fourth-order valence-electron chi connectivity index (χ4n) is 1.37. The minimum absolute atomic E-state index is 0.118. The highest BCUT2D eigenvalue weighted by molar-refractivity contribution is 6.20. The van der Waals surface area contributed by atoms with E-state index in [2.05, 4.69) is 11.9 Å². The lowest BCUT2D eigenvalue weighted by molar-refractivity contribution is 0.452. The summed E-state index contributed by atoms with van der Waals surface area (Å²) in [5.74, 6) is 3.01. The van der Waals surface area contributed by atoms with Gasteiger partial charge in [-0.1, -0.05) is 6.92 Å². The number of nitrogens with zero attached hydrogens (tertiary/aromatic N) is 1. The Balaban J connectivity index is 2.14. The van der Waals surface area contributed by atoms with E-state index in [4.69, 9.17) is 16.0 Å². The molecule has 2 nitrogen and oxygen atoms in total. The lowest BCUT2D eigenvalue weighted by Crippen LogP contribution is -1.81. The zero-order valence-corrected chi connectivity index (χ0v) is 8.01. The zero-order valence-electron chi connectivity index (χ0n) is 7.25. The molecule has 1 saturated carbocycles. The number of rotatable bonds is 2. The van der Waals surface area contributed by atoms with Gasteiger partial charge in [-0.3, -0.25) is 0 Å². The first kappa shape index (κ1) is 8.11. The average molecular weight is 186 g/mol. The van der Waals surface area contributed by atoms with E-state index in [0.29, 0.717) is 11.8 Å².